The van der Waals surface area contributed by atoms with Gasteiger partial charge in [0.05, 0.1) is 29.4 Å². The monoisotopic (exact) mass is 373 g/mol. The third-order valence-electron chi connectivity index (χ3n) is 4.30. The molecule has 28 heavy (non-hydrogen) atoms. The van der Waals surface area contributed by atoms with Gasteiger partial charge in [-0.1, -0.05) is 17.7 Å². The summed E-state index contributed by atoms with van der Waals surface area (Å²) in [6.45, 7) is 4.18. The molecule has 4 aromatic rings. The van der Waals surface area contributed by atoms with Crippen LogP contribution in [0.1, 0.15) is 22.8 Å². The van der Waals surface area contributed by atoms with Crippen molar-refractivity contribution in [2.75, 3.05) is 11.9 Å². The number of nitrogens with zero attached hydrogens (tertiary/aromatic N) is 4. The number of carbonyl (C=O) groups is 1. The van der Waals surface area contributed by atoms with E-state index in [0.29, 0.717) is 23.6 Å². The number of carbonyl (C=O) groups excluding carboxylic acids is 1. The molecular formula is C21H19N5O2. The molecule has 7 heteroatoms. The van der Waals surface area contributed by atoms with Gasteiger partial charge in [-0.25, -0.2) is 19.4 Å². The van der Waals surface area contributed by atoms with E-state index >= 15 is 0 Å². The van der Waals surface area contributed by atoms with Crippen molar-refractivity contribution in [3.8, 4) is 5.69 Å². The van der Waals surface area contributed by atoms with Crippen molar-refractivity contribution in [3.05, 3.63) is 72.2 Å². The van der Waals surface area contributed by atoms with Crippen molar-refractivity contribution in [2.45, 2.75) is 13.8 Å². The molecule has 0 aliphatic rings. The van der Waals surface area contributed by atoms with E-state index in [0.717, 1.165) is 16.8 Å². The second kappa shape index (κ2) is 7.48. The summed E-state index contributed by atoms with van der Waals surface area (Å²) in [5.74, 6) is 0.310. The molecule has 0 amide bonds. The molecule has 0 bridgehead atoms. The van der Waals surface area contributed by atoms with Gasteiger partial charge in [0.25, 0.3) is 0 Å². The van der Waals surface area contributed by atoms with Crippen molar-refractivity contribution >= 4 is 28.5 Å². The molecule has 0 radical (unpaired) electrons. The third kappa shape index (κ3) is 3.42. The maximum Gasteiger partial charge on any atom is 0.338 e. The number of nitrogens with one attached hydrogen (secondary N) is 1. The van der Waals surface area contributed by atoms with E-state index in [4.69, 9.17) is 4.74 Å². The number of benzene rings is 2. The predicted molar refractivity (Wildman–Crippen MR) is 107 cm³/mol. The van der Waals surface area contributed by atoms with Gasteiger partial charge in [-0.2, -0.15) is 5.10 Å². The molecule has 0 saturated carbocycles. The molecule has 0 aliphatic carbocycles. The van der Waals surface area contributed by atoms with Crippen molar-refractivity contribution in [2.24, 2.45) is 0 Å². The number of fused-ring (bicyclic) bond motifs is 1. The zero-order valence-corrected chi connectivity index (χ0v) is 15.6. The summed E-state index contributed by atoms with van der Waals surface area (Å²) in [7, 11) is 0. The Morgan fingerprint density at radius 2 is 1.82 bits per heavy atom. The number of esters is 1. The van der Waals surface area contributed by atoms with Gasteiger partial charge in [-0.05, 0) is 50.2 Å². The van der Waals surface area contributed by atoms with Gasteiger partial charge in [0.15, 0.2) is 5.65 Å². The van der Waals surface area contributed by atoms with Gasteiger partial charge >= 0.3 is 5.97 Å². The number of anilines is 2. The largest absolute Gasteiger partial charge is 0.462 e. The number of hydrogen-bond acceptors (Lipinski definition) is 6. The van der Waals surface area contributed by atoms with Crippen LogP contribution in [0, 0.1) is 6.92 Å². The zero-order valence-electron chi connectivity index (χ0n) is 15.6. The van der Waals surface area contributed by atoms with E-state index in [1.54, 1.807) is 29.9 Å². The minimum atomic E-state index is -0.335. The summed E-state index contributed by atoms with van der Waals surface area (Å²) in [6, 6.07) is 15.1. The van der Waals surface area contributed by atoms with E-state index in [1.807, 2.05) is 43.3 Å². The van der Waals surface area contributed by atoms with E-state index in [-0.39, 0.29) is 5.97 Å². The number of aromatic nitrogens is 4. The molecule has 0 spiro atoms. The second-order valence-electron chi connectivity index (χ2n) is 6.27. The molecule has 0 saturated heterocycles. The lowest BCUT2D eigenvalue weighted by Gasteiger charge is -2.08. The summed E-state index contributed by atoms with van der Waals surface area (Å²) >= 11 is 0. The van der Waals surface area contributed by atoms with Gasteiger partial charge in [0.2, 0.25) is 0 Å². The molecule has 0 fully saturated rings. The molecule has 1 N–H and O–H groups in total. The van der Waals surface area contributed by atoms with Gasteiger partial charge in [-0.3, -0.25) is 0 Å². The summed E-state index contributed by atoms with van der Waals surface area (Å²) in [4.78, 5) is 20.5. The average molecular weight is 373 g/mol. The summed E-state index contributed by atoms with van der Waals surface area (Å²) in [6.07, 6.45) is 3.24. The smallest absolute Gasteiger partial charge is 0.338 e. The number of ether oxygens (including phenoxy) is 1. The lowest BCUT2D eigenvalue weighted by atomic mass is 10.2. The fraction of sp³-hybridized carbons (Fsp3) is 0.143. The number of aryl methyl sites for hydroxylation is 1. The minimum absolute atomic E-state index is 0.335. The van der Waals surface area contributed by atoms with Crippen LogP contribution in [0.25, 0.3) is 16.7 Å². The molecule has 2 aromatic carbocycles. The summed E-state index contributed by atoms with van der Waals surface area (Å²) < 4.78 is 6.79. The standard InChI is InChI=1S/C21H19N5O2/c1-3-28-21(27)15-6-8-16(9-7-15)25-19-18-12-24-26(20(18)23-13-22-19)17-10-4-14(2)5-11-17/h4-13H,3H2,1-2H3,(H,22,23,25). The third-order valence-corrected chi connectivity index (χ3v) is 4.30. The fourth-order valence-electron chi connectivity index (χ4n) is 2.86. The van der Waals surface area contributed by atoms with Gasteiger partial charge in [0, 0.05) is 5.69 Å². The van der Waals surface area contributed by atoms with Crippen molar-refractivity contribution in [1.82, 2.24) is 19.7 Å². The van der Waals surface area contributed by atoms with Crippen LogP contribution in [0.5, 0.6) is 0 Å². The highest BCUT2D eigenvalue weighted by Crippen LogP contribution is 2.25. The van der Waals surface area contributed by atoms with Crippen LogP contribution in [0.3, 0.4) is 0 Å². The van der Waals surface area contributed by atoms with E-state index < -0.39 is 0 Å². The van der Waals surface area contributed by atoms with Crippen LogP contribution in [-0.2, 0) is 4.74 Å². The quantitative estimate of drug-likeness (QED) is 0.532. The van der Waals surface area contributed by atoms with Crippen molar-refractivity contribution in [3.63, 3.8) is 0 Å². The Bertz CT molecular complexity index is 1120. The van der Waals surface area contributed by atoms with E-state index in [9.17, 15) is 4.79 Å². The van der Waals surface area contributed by atoms with Crippen LogP contribution in [-0.4, -0.2) is 32.3 Å². The molecular weight excluding hydrogens is 354 g/mol. The Labute approximate surface area is 162 Å². The predicted octanol–water partition coefficient (Wildman–Crippen LogP) is 4.04. The topological polar surface area (TPSA) is 81.9 Å². The van der Waals surface area contributed by atoms with Crippen molar-refractivity contribution in [1.29, 1.82) is 0 Å². The Hall–Kier alpha value is -3.74. The van der Waals surface area contributed by atoms with Gasteiger partial charge in [-0.15, -0.1) is 0 Å². The molecule has 140 valence electrons. The number of rotatable bonds is 5. The Morgan fingerprint density at radius 1 is 1.07 bits per heavy atom. The molecule has 0 atom stereocenters. The minimum Gasteiger partial charge on any atom is -0.462 e. The van der Waals surface area contributed by atoms with Crippen LogP contribution in [0.4, 0.5) is 11.5 Å². The first-order chi connectivity index (χ1) is 13.7. The van der Waals surface area contributed by atoms with Crippen LogP contribution in [0.15, 0.2) is 61.1 Å². The van der Waals surface area contributed by atoms with Gasteiger partial charge < -0.3 is 10.1 Å². The van der Waals surface area contributed by atoms with Crippen LogP contribution in [0.2, 0.25) is 0 Å². The van der Waals surface area contributed by atoms with E-state index in [2.05, 4.69) is 20.4 Å². The molecule has 2 heterocycles. The zero-order chi connectivity index (χ0) is 19.5. The molecule has 7 nitrogen and oxygen atoms in total. The molecule has 4 rings (SSSR count). The molecule has 2 aromatic heterocycles. The first-order valence-electron chi connectivity index (χ1n) is 8.95. The highest BCUT2D eigenvalue weighted by molar-refractivity contribution is 5.91. The Balaban J connectivity index is 1.63. The van der Waals surface area contributed by atoms with E-state index in [1.165, 1.54) is 11.9 Å². The van der Waals surface area contributed by atoms with Gasteiger partial charge in [0.1, 0.15) is 12.1 Å². The molecule has 0 aliphatic heterocycles. The summed E-state index contributed by atoms with van der Waals surface area (Å²) in [5, 5.41) is 8.53. The first-order valence-corrected chi connectivity index (χ1v) is 8.95. The lowest BCUT2D eigenvalue weighted by molar-refractivity contribution is 0.0526. The lowest BCUT2D eigenvalue weighted by Crippen LogP contribution is -2.04. The Morgan fingerprint density at radius 3 is 2.54 bits per heavy atom. The SMILES string of the molecule is CCOC(=O)c1ccc(Nc2ncnc3c2cnn3-c2ccc(C)cc2)cc1. The molecule has 0 unspecified atom stereocenters. The van der Waals surface area contributed by atoms with Crippen molar-refractivity contribution < 1.29 is 9.53 Å². The number of hydrogen-bond donors (Lipinski definition) is 1. The van der Waals surface area contributed by atoms with Crippen LogP contribution < -0.4 is 5.32 Å². The van der Waals surface area contributed by atoms with Crippen LogP contribution >= 0.6 is 0 Å². The fourth-order valence-corrected chi connectivity index (χ4v) is 2.86. The highest BCUT2D eigenvalue weighted by atomic mass is 16.5. The first kappa shape index (κ1) is 17.7. The maximum absolute atomic E-state index is 11.8. The second-order valence-corrected chi connectivity index (χ2v) is 6.27. The summed E-state index contributed by atoms with van der Waals surface area (Å²) in [5.41, 5.74) is 4.14. The Kier molecular flexibility index (Phi) is 4.72. The normalized spacial score (nSPS) is 10.8. The highest BCUT2D eigenvalue weighted by Gasteiger charge is 2.12. The average Bonchev–Trinajstić information content (AvgIpc) is 3.14. The maximum atomic E-state index is 11.8.